The van der Waals surface area contributed by atoms with Crippen molar-refractivity contribution < 1.29 is 0 Å². The zero-order valence-electron chi connectivity index (χ0n) is 10.7. The summed E-state index contributed by atoms with van der Waals surface area (Å²) < 4.78 is 0. The van der Waals surface area contributed by atoms with Gasteiger partial charge < -0.3 is 5.32 Å². The molecule has 1 aliphatic rings. The monoisotopic (exact) mass is 233 g/mol. The lowest BCUT2D eigenvalue weighted by Crippen LogP contribution is -2.43. The van der Waals surface area contributed by atoms with E-state index in [9.17, 15) is 0 Å². The van der Waals surface area contributed by atoms with E-state index >= 15 is 0 Å². The first kappa shape index (κ1) is 12.5. The highest BCUT2D eigenvalue weighted by molar-refractivity contribution is 5.08. The predicted molar refractivity (Wildman–Crippen MR) is 70.8 cm³/mol. The fraction of sp³-hybridized carbons (Fsp3) is 0.643. The molecule has 0 spiro atoms. The summed E-state index contributed by atoms with van der Waals surface area (Å²) in [6.07, 6.45) is 7.84. The van der Waals surface area contributed by atoms with Gasteiger partial charge in [0.25, 0.3) is 0 Å². The van der Waals surface area contributed by atoms with Crippen molar-refractivity contribution in [3.63, 3.8) is 0 Å². The van der Waals surface area contributed by atoms with Crippen molar-refractivity contribution >= 4 is 0 Å². The molecule has 94 valence electrons. The standard InChI is InChI=1S/C14H23N3/c1-2-17(11-13-6-5-8-15-10-13)12-14-7-3-4-9-16-14/h5-6,8,10,14,16H,2-4,7,9,11-12H2,1H3. The highest BCUT2D eigenvalue weighted by atomic mass is 15.1. The third-order valence-electron chi connectivity index (χ3n) is 3.47. The van der Waals surface area contributed by atoms with Crippen LogP contribution in [-0.2, 0) is 6.54 Å². The van der Waals surface area contributed by atoms with Gasteiger partial charge >= 0.3 is 0 Å². The molecule has 1 aromatic heterocycles. The van der Waals surface area contributed by atoms with Crippen molar-refractivity contribution in [2.24, 2.45) is 0 Å². The zero-order valence-corrected chi connectivity index (χ0v) is 10.7. The van der Waals surface area contributed by atoms with Crippen LogP contribution in [-0.4, -0.2) is 35.6 Å². The van der Waals surface area contributed by atoms with E-state index in [1.807, 2.05) is 18.5 Å². The molecule has 2 rings (SSSR count). The molecule has 1 unspecified atom stereocenters. The van der Waals surface area contributed by atoms with Crippen molar-refractivity contribution in [2.45, 2.75) is 38.8 Å². The lowest BCUT2D eigenvalue weighted by Gasteiger charge is -2.29. The van der Waals surface area contributed by atoms with Crippen LogP contribution in [0.4, 0.5) is 0 Å². The number of hydrogen-bond donors (Lipinski definition) is 1. The lowest BCUT2D eigenvalue weighted by atomic mass is 10.0. The molecule has 0 saturated carbocycles. The van der Waals surface area contributed by atoms with Gasteiger partial charge in [0.05, 0.1) is 0 Å². The van der Waals surface area contributed by atoms with Gasteiger partial charge in [-0.1, -0.05) is 19.4 Å². The molecule has 1 aromatic rings. The van der Waals surface area contributed by atoms with Gasteiger partial charge in [-0.3, -0.25) is 9.88 Å². The Kier molecular flexibility index (Phi) is 4.95. The Morgan fingerprint density at radius 3 is 3.06 bits per heavy atom. The second kappa shape index (κ2) is 6.72. The van der Waals surface area contributed by atoms with Crippen molar-refractivity contribution in [3.05, 3.63) is 30.1 Å². The van der Waals surface area contributed by atoms with Crippen LogP contribution in [0, 0.1) is 0 Å². The van der Waals surface area contributed by atoms with Crippen LogP contribution in [0.5, 0.6) is 0 Å². The molecule has 1 saturated heterocycles. The van der Waals surface area contributed by atoms with Crippen molar-refractivity contribution in [1.29, 1.82) is 0 Å². The molecule has 1 N–H and O–H groups in total. The second-order valence-electron chi connectivity index (χ2n) is 4.84. The third kappa shape index (κ3) is 4.10. The molecule has 3 heteroatoms. The van der Waals surface area contributed by atoms with Crippen molar-refractivity contribution in [2.75, 3.05) is 19.6 Å². The molecule has 0 radical (unpaired) electrons. The van der Waals surface area contributed by atoms with E-state index in [-0.39, 0.29) is 0 Å². The Bertz CT molecular complexity index is 307. The number of rotatable bonds is 5. The van der Waals surface area contributed by atoms with Crippen molar-refractivity contribution in [3.8, 4) is 0 Å². The van der Waals surface area contributed by atoms with Crippen LogP contribution >= 0.6 is 0 Å². The molecular weight excluding hydrogens is 210 g/mol. The minimum absolute atomic E-state index is 0.681. The van der Waals surface area contributed by atoms with E-state index in [1.165, 1.54) is 31.4 Å². The van der Waals surface area contributed by atoms with Crippen LogP contribution in [0.2, 0.25) is 0 Å². The quantitative estimate of drug-likeness (QED) is 0.843. The number of aromatic nitrogens is 1. The molecule has 2 heterocycles. The summed E-state index contributed by atoms with van der Waals surface area (Å²) in [7, 11) is 0. The Hall–Kier alpha value is -0.930. The van der Waals surface area contributed by atoms with Crippen molar-refractivity contribution in [1.82, 2.24) is 15.2 Å². The third-order valence-corrected chi connectivity index (χ3v) is 3.47. The highest BCUT2D eigenvalue weighted by Gasteiger charge is 2.15. The first-order valence-electron chi connectivity index (χ1n) is 6.73. The molecule has 1 aliphatic heterocycles. The summed E-state index contributed by atoms with van der Waals surface area (Å²) in [6.45, 7) is 6.70. The fourth-order valence-corrected chi connectivity index (χ4v) is 2.45. The maximum Gasteiger partial charge on any atom is 0.0312 e. The summed E-state index contributed by atoms with van der Waals surface area (Å²) in [6, 6.07) is 4.85. The maximum atomic E-state index is 4.18. The summed E-state index contributed by atoms with van der Waals surface area (Å²) >= 11 is 0. The Labute approximate surface area is 104 Å². The SMILES string of the molecule is CCN(Cc1cccnc1)CC1CCCCN1. The first-order chi connectivity index (χ1) is 8.38. The predicted octanol–water partition coefficient (Wildman–Crippen LogP) is 2.05. The molecule has 0 amide bonds. The number of nitrogens with one attached hydrogen (secondary N) is 1. The zero-order chi connectivity index (χ0) is 11.9. The largest absolute Gasteiger partial charge is 0.313 e. The molecule has 0 aromatic carbocycles. The van der Waals surface area contributed by atoms with E-state index in [0.29, 0.717) is 6.04 Å². The van der Waals surface area contributed by atoms with Gasteiger partial charge in [0.1, 0.15) is 0 Å². The number of hydrogen-bond acceptors (Lipinski definition) is 3. The molecular formula is C14H23N3. The normalized spacial score (nSPS) is 20.7. The van der Waals surface area contributed by atoms with Gasteiger partial charge in [-0.15, -0.1) is 0 Å². The first-order valence-corrected chi connectivity index (χ1v) is 6.73. The summed E-state index contributed by atoms with van der Waals surface area (Å²) in [5.74, 6) is 0. The van der Waals surface area contributed by atoms with Gasteiger partial charge in [-0.05, 0) is 37.6 Å². The molecule has 3 nitrogen and oxygen atoms in total. The summed E-state index contributed by atoms with van der Waals surface area (Å²) in [4.78, 5) is 6.68. The van der Waals surface area contributed by atoms with E-state index < -0.39 is 0 Å². The Balaban J connectivity index is 1.83. The van der Waals surface area contributed by atoms with Gasteiger partial charge in [-0.25, -0.2) is 0 Å². The number of pyridine rings is 1. The lowest BCUT2D eigenvalue weighted by molar-refractivity contribution is 0.226. The number of piperidine rings is 1. The van der Waals surface area contributed by atoms with Crippen LogP contribution in [0.3, 0.4) is 0 Å². The van der Waals surface area contributed by atoms with Gasteiger partial charge in [0, 0.05) is 31.5 Å². The topological polar surface area (TPSA) is 28.2 Å². The highest BCUT2D eigenvalue weighted by Crippen LogP contribution is 2.10. The average Bonchev–Trinajstić information content (AvgIpc) is 2.40. The number of likely N-dealkylation sites (N-methyl/N-ethyl adjacent to an activating group) is 1. The smallest absolute Gasteiger partial charge is 0.0312 e. The molecule has 1 atom stereocenters. The van der Waals surface area contributed by atoms with Gasteiger partial charge in [-0.2, -0.15) is 0 Å². The van der Waals surface area contributed by atoms with Crippen LogP contribution < -0.4 is 5.32 Å². The minimum Gasteiger partial charge on any atom is -0.313 e. The van der Waals surface area contributed by atoms with E-state index in [4.69, 9.17) is 0 Å². The van der Waals surface area contributed by atoms with E-state index in [2.05, 4.69) is 28.2 Å². The Morgan fingerprint density at radius 2 is 2.41 bits per heavy atom. The fourth-order valence-electron chi connectivity index (χ4n) is 2.45. The van der Waals surface area contributed by atoms with E-state index in [0.717, 1.165) is 19.6 Å². The van der Waals surface area contributed by atoms with E-state index in [1.54, 1.807) is 0 Å². The van der Waals surface area contributed by atoms with Crippen LogP contribution in [0.25, 0.3) is 0 Å². The average molecular weight is 233 g/mol. The molecule has 0 bridgehead atoms. The maximum absolute atomic E-state index is 4.18. The molecule has 17 heavy (non-hydrogen) atoms. The Morgan fingerprint density at radius 1 is 1.47 bits per heavy atom. The van der Waals surface area contributed by atoms with Gasteiger partial charge in [0.15, 0.2) is 0 Å². The van der Waals surface area contributed by atoms with Gasteiger partial charge in [0.2, 0.25) is 0 Å². The number of nitrogens with zero attached hydrogens (tertiary/aromatic N) is 2. The second-order valence-corrected chi connectivity index (χ2v) is 4.84. The molecule has 1 fully saturated rings. The molecule has 0 aliphatic carbocycles. The summed E-state index contributed by atoms with van der Waals surface area (Å²) in [5.41, 5.74) is 1.31. The minimum atomic E-state index is 0.681. The van der Waals surface area contributed by atoms with Crippen LogP contribution in [0.1, 0.15) is 31.7 Å². The van der Waals surface area contributed by atoms with Crippen LogP contribution in [0.15, 0.2) is 24.5 Å². The summed E-state index contributed by atoms with van der Waals surface area (Å²) in [5, 5.41) is 3.61.